The summed E-state index contributed by atoms with van der Waals surface area (Å²) in [5, 5.41) is 17.0. The van der Waals surface area contributed by atoms with Gasteiger partial charge in [-0.3, -0.25) is 10.1 Å². The second-order valence-corrected chi connectivity index (χ2v) is 7.68. The van der Waals surface area contributed by atoms with Crippen LogP contribution in [-0.4, -0.2) is 27.6 Å². The number of nitrogens with zero attached hydrogens (tertiary/aromatic N) is 2. The molecule has 1 amide bonds. The largest absolute Gasteiger partial charge is 0.361 e. The molecule has 0 aliphatic heterocycles. The summed E-state index contributed by atoms with van der Waals surface area (Å²) in [4.78, 5) is 15.3. The smallest absolute Gasteiger partial charge is 0.250 e. The van der Waals surface area contributed by atoms with Crippen LogP contribution in [0.2, 0.25) is 5.02 Å². The van der Waals surface area contributed by atoms with Crippen molar-refractivity contribution in [3.05, 3.63) is 77.0 Å². The molecule has 0 saturated carbocycles. The van der Waals surface area contributed by atoms with Crippen LogP contribution >= 0.6 is 22.9 Å². The van der Waals surface area contributed by atoms with E-state index in [0.717, 1.165) is 24.0 Å². The molecular weight excluding hydrogens is 406 g/mol. The maximum Gasteiger partial charge on any atom is 0.250 e. The zero-order valence-corrected chi connectivity index (χ0v) is 16.9. The number of rotatable bonds is 7. The summed E-state index contributed by atoms with van der Waals surface area (Å²) in [7, 11) is 0. The standard InChI is InChI=1S/C21H18ClN5OS/c22-17-7-3-1-5-14(17)9-10-19(28)25-21-27-26-20(29-21)23-12-11-15-13-24-18-8-4-2-6-16(15)18/h1-10,13,24H,11-12H2,(H,23,26)(H,25,27,28). The maximum atomic E-state index is 12.1. The number of para-hydroxylation sites is 1. The Kier molecular flexibility index (Phi) is 5.88. The predicted molar refractivity (Wildman–Crippen MR) is 120 cm³/mol. The number of hydrogen-bond acceptors (Lipinski definition) is 5. The number of carbonyl (C=O) groups is 1. The molecular formula is C21H18ClN5OS. The van der Waals surface area contributed by atoms with E-state index in [1.165, 1.54) is 28.4 Å². The molecule has 0 aliphatic carbocycles. The average Bonchev–Trinajstić information content (AvgIpc) is 3.35. The highest BCUT2D eigenvalue weighted by Crippen LogP contribution is 2.22. The molecule has 3 N–H and O–H groups in total. The third-order valence-electron chi connectivity index (χ3n) is 4.32. The van der Waals surface area contributed by atoms with E-state index in [9.17, 15) is 4.79 Å². The van der Waals surface area contributed by atoms with Crippen molar-refractivity contribution in [2.45, 2.75) is 6.42 Å². The lowest BCUT2D eigenvalue weighted by Crippen LogP contribution is -2.07. The van der Waals surface area contributed by atoms with E-state index in [2.05, 4.69) is 37.9 Å². The number of halogens is 1. The van der Waals surface area contributed by atoms with E-state index in [4.69, 9.17) is 11.6 Å². The Balaban J connectivity index is 1.29. The van der Waals surface area contributed by atoms with Crippen LogP contribution in [-0.2, 0) is 11.2 Å². The Morgan fingerprint density at radius 3 is 2.79 bits per heavy atom. The number of fused-ring (bicyclic) bond motifs is 1. The number of benzene rings is 2. The molecule has 0 fully saturated rings. The summed E-state index contributed by atoms with van der Waals surface area (Å²) in [5.74, 6) is -0.286. The molecule has 0 spiro atoms. The Hall–Kier alpha value is -3.16. The maximum absolute atomic E-state index is 12.1. The van der Waals surface area contributed by atoms with Gasteiger partial charge in [0, 0.05) is 34.7 Å². The number of H-pyrrole nitrogens is 1. The van der Waals surface area contributed by atoms with Crippen molar-refractivity contribution in [2.75, 3.05) is 17.2 Å². The van der Waals surface area contributed by atoms with E-state index in [1.54, 1.807) is 12.1 Å². The molecule has 4 aromatic rings. The molecule has 0 saturated heterocycles. The first kappa shape index (κ1) is 19.2. The number of aromatic amines is 1. The van der Waals surface area contributed by atoms with Gasteiger partial charge >= 0.3 is 0 Å². The highest BCUT2D eigenvalue weighted by molar-refractivity contribution is 7.19. The van der Waals surface area contributed by atoms with Crippen LogP contribution in [0.25, 0.3) is 17.0 Å². The van der Waals surface area contributed by atoms with Gasteiger partial charge in [0.25, 0.3) is 0 Å². The van der Waals surface area contributed by atoms with Gasteiger partial charge in [-0.25, -0.2) is 0 Å². The lowest BCUT2D eigenvalue weighted by molar-refractivity contribution is -0.111. The van der Waals surface area contributed by atoms with Crippen LogP contribution in [0.4, 0.5) is 10.3 Å². The molecule has 0 radical (unpaired) electrons. The minimum atomic E-state index is -0.286. The predicted octanol–water partition coefficient (Wildman–Crippen LogP) is 4.98. The molecule has 0 aliphatic rings. The van der Waals surface area contributed by atoms with Gasteiger partial charge in [0.05, 0.1) is 0 Å². The van der Waals surface area contributed by atoms with Crippen LogP contribution < -0.4 is 10.6 Å². The number of amides is 1. The number of aromatic nitrogens is 3. The van der Waals surface area contributed by atoms with Crippen molar-refractivity contribution >= 4 is 56.1 Å². The normalized spacial score (nSPS) is 11.2. The van der Waals surface area contributed by atoms with Gasteiger partial charge < -0.3 is 10.3 Å². The highest BCUT2D eigenvalue weighted by atomic mass is 35.5. The van der Waals surface area contributed by atoms with Crippen LogP contribution in [0.3, 0.4) is 0 Å². The van der Waals surface area contributed by atoms with Crippen LogP contribution in [0.5, 0.6) is 0 Å². The summed E-state index contributed by atoms with van der Waals surface area (Å²) in [6.07, 6.45) is 5.97. The van der Waals surface area contributed by atoms with Crippen LogP contribution in [0, 0.1) is 0 Å². The summed E-state index contributed by atoms with van der Waals surface area (Å²) in [6.45, 7) is 0.719. The van der Waals surface area contributed by atoms with E-state index >= 15 is 0 Å². The second kappa shape index (κ2) is 8.89. The number of anilines is 2. The van der Waals surface area contributed by atoms with Crippen molar-refractivity contribution in [3.8, 4) is 0 Å². The molecule has 0 atom stereocenters. The molecule has 146 valence electrons. The van der Waals surface area contributed by atoms with Crippen molar-refractivity contribution in [3.63, 3.8) is 0 Å². The van der Waals surface area contributed by atoms with E-state index in [-0.39, 0.29) is 5.91 Å². The Bertz CT molecular complexity index is 1170. The molecule has 0 unspecified atom stereocenters. The number of hydrogen-bond donors (Lipinski definition) is 3. The topological polar surface area (TPSA) is 82.7 Å². The Morgan fingerprint density at radius 2 is 1.90 bits per heavy atom. The van der Waals surface area contributed by atoms with Crippen molar-refractivity contribution in [2.24, 2.45) is 0 Å². The van der Waals surface area contributed by atoms with Gasteiger partial charge in [-0.05, 0) is 35.8 Å². The van der Waals surface area contributed by atoms with Gasteiger partial charge in [0.1, 0.15) is 0 Å². The first-order valence-electron chi connectivity index (χ1n) is 9.05. The van der Waals surface area contributed by atoms with Crippen LogP contribution in [0.1, 0.15) is 11.1 Å². The van der Waals surface area contributed by atoms with Gasteiger partial charge in [0.15, 0.2) is 0 Å². The summed E-state index contributed by atoms with van der Waals surface area (Å²) < 4.78 is 0. The molecule has 29 heavy (non-hydrogen) atoms. The number of carbonyl (C=O) groups excluding carboxylic acids is 1. The SMILES string of the molecule is O=C(C=Cc1ccccc1Cl)Nc1nnc(NCCc2c[nH]c3ccccc23)s1. The lowest BCUT2D eigenvalue weighted by atomic mass is 10.1. The van der Waals surface area contributed by atoms with E-state index in [0.29, 0.717) is 15.3 Å². The minimum Gasteiger partial charge on any atom is -0.361 e. The molecule has 2 heterocycles. The van der Waals surface area contributed by atoms with Gasteiger partial charge in [0.2, 0.25) is 16.2 Å². The second-order valence-electron chi connectivity index (χ2n) is 6.29. The number of nitrogens with one attached hydrogen (secondary N) is 3. The Morgan fingerprint density at radius 1 is 1.10 bits per heavy atom. The zero-order chi connectivity index (χ0) is 20.1. The quantitative estimate of drug-likeness (QED) is 0.366. The van der Waals surface area contributed by atoms with Gasteiger partial charge in [-0.15, -0.1) is 10.2 Å². The highest BCUT2D eigenvalue weighted by Gasteiger charge is 2.07. The Labute approximate surface area is 176 Å². The third kappa shape index (κ3) is 4.82. The molecule has 8 heteroatoms. The zero-order valence-electron chi connectivity index (χ0n) is 15.4. The first-order valence-corrected chi connectivity index (χ1v) is 10.2. The monoisotopic (exact) mass is 423 g/mol. The first-order chi connectivity index (χ1) is 14.2. The minimum absolute atomic E-state index is 0.286. The van der Waals surface area contributed by atoms with Gasteiger partial charge in [-0.2, -0.15) is 0 Å². The van der Waals surface area contributed by atoms with Crippen molar-refractivity contribution in [1.82, 2.24) is 15.2 Å². The summed E-state index contributed by atoms with van der Waals surface area (Å²) >= 11 is 7.37. The van der Waals surface area contributed by atoms with Gasteiger partial charge in [-0.1, -0.05) is 59.3 Å². The molecule has 2 aromatic carbocycles. The third-order valence-corrected chi connectivity index (χ3v) is 5.46. The average molecular weight is 424 g/mol. The van der Waals surface area contributed by atoms with Crippen LogP contribution in [0.15, 0.2) is 60.8 Å². The van der Waals surface area contributed by atoms with E-state index in [1.807, 2.05) is 36.5 Å². The van der Waals surface area contributed by atoms with Crippen molar-refractivity contribution in [1.29, 1.82) is 0 Å². The van der Waals surface area contributed by atoms with Crippen molar-refractivity contribution < 1.29 is 4.79 Å². The summed E-state index contributed by atoms with van der Waals surface area (Å²) in [5.41, 5.74) is 3.16. The fourth-order valence-corrected chi connectivity index (χ4v) is 3.78. The fraction of sp³-hybridized carbons (Fsp3) is 0.0952. The lowest BCUT2D eigenvalue weighted by Gasteiger charge is -2.01. The molecule has 6 nitrogen and oxygen atoms in total. The van der Waals surface area contributed by atoms with E-state index < -0.39 is 0 Å². The molecule has 2 aromatic heterocycles. The molecule has 4 rings (SSSR count). The molecule has 0 bridgehead atoms. The fourth-order valence-electron chi connectivity index (χ4n) is 2.91. The summed E-state index contributed by atoms with van der Waals surface area (Å²) in [6, 6.07) is 15.5.